The number of aromatic amines is 1. The highest BCUT2D eigenvalue weighted by molar-refractivity contribution is 6.37. The first-order valence-electron chi connectivity index (χ1n) is 18.9. The first kappa shape index (κ1) is 45.9. The maximum Gasteiger partial charge on any atom is 0.253 e. The molecule has 57 heavy (non-hydrogen) atoms. The summed E-state index contributed by atoms with van der Waals surface area (Å²) in [5, 5.41) is 5.18. The van der Waals surface area contributed by atoms with Gasteiger partial charge in [0, 0.05) is 101 Å². The Morgan fingerprint density at radius 3 is 1.88 bits per heavy atom. The van der Waals surface area contributed by atoms with Gasteiger partial charge in [-0.2, -0.15) is 0 Å². The number of nitrogens with one attached hydrogen (secondary N) is 2. The second-order valence-corrected chi connectivity index (χ2v) is 16.2. The van der Waals surface area contributed by atoms with Crippen molar-refractivity contribution in [1.82, 2.24) is 24.7 Å². The monoisotopic (exact) mass is 857 g/mol. The number of ketones is 1. The van der Waals surface area contributed by atoms with Gasteiger partial charge in [-0.15, -0.1) is 11.6 Å². The molecule has 0 radical (unpaired) electrons. The van der Waals surface area contributed by atoms with Gasteiger partial charge in [0.2, 0.25) is 23.7 Å². The Labute approximate surface area is 345 Å². The number of benzene rings is 2. The van der Waals surface area contributed by atoms with Crippen molar-refractivity contribution < 1.29 is 36.7 Å². The Morgan fingerprint density at radius 2 is 1.33 bits per heavy atom. The number of halogens is 7. The molecule has 3 amide bonds. The summed E-state index contributed by atoms with van der Waals surface area (Å²) in [6, 6.07) is 10.7. The summed E-state index contributed by atoms with van der Waals surface area (Å²) in [5.74, 6) is -5.19. The van der Waals surface area contributed by atoms with Crippen LogP contribution in [0.5, 0.6) is 0 Å². The average molecular weight is 859 g/mol. The number of nitrogens with zero attached hydrogens (tertiary/aromatic N) is 3. The molecule has 2 fully saturated rings. The summed E-state index contributed by atoms with van der Waals surface area (Å²) < 4.78 is 54.6. The summed E-state index contributed by atoms with van der Waals surface area (Å²) in [6.45, 7) is 0.442. The van der Waals surface area contributed by atoms with Crippen LogP contribution in [0.4, 0.5) is 17.6 Å². The van der Waals surface area contributed by atoms with Crippen LogP contribution in [0.1, 0.15) is 84.9 Å². The van der Waals surface area contributed by atoms with Crippen LogP contribution in [0.3, 0.4) is 0 Å². The Balaban J connectivity index is 0.000000221. The number of rotatable bonds is 10. The zero-order valence-corrected chi connectivity index (χ0v) is 34.9. The van der Waals surface area contributed by atoms with E-state index in [1.807, 2.05) is 18.2 Å². The number of carbonyl (C=O) groups is 4. The highest BCUT2D eigenvalue weighted by Crippen LogP contribution is 2.39. The van der Waals surface area contributed by atoms with E-state index in [4.69, 9.17) is 34.8 Å². The molecule has 0 bridgehead atoms. The Bertz CT molecular complexity index is 2010. The second kappa shape index (κ2) is 20.2. The molecule has 0 atom stereocenters. The number of Topliss-reactive ketones (excluding diaryl/α,β-unsaturated/α-hetero) is 1. The fraction of sp³-hybridized carbons (Fsp3) is 0.512. The van der Waals surface area contributed by atoms with Crippen molar-refractivity contribution >= 4 is 80.1 Å². The lowest BCUT2D eigenvalue weighted by Gasteiger charge is -2.28. The molecule has 2 heterocycles. The number of fused-ring (bicyclic) bond motifs is 2. The summed E-state index contributed by atoms with van der Waals surface area (Å²) in [6.07, 6.45) is 5.81. The van der Waals surface area contributed by atoms with E-state index in [2.05, 4.69) is 10.3 Å². The average Bonchev–Trinajstić information content (AvgIpc) is 3.77. The van der Waals surface area contributed by atoms with Gasteiger partial charge in [-0.05, 0) is 68.2 Å². The third kappa shape index (κ3) is 12.8. The minimum absolute atomic E-state index is 0.0247. The van der Waals surface area contributed by atoms with Crippen molar-refractivity contribution in [3.05, 3.63) is 70.0 Å². The number of carbonyl (C=O) groups excluding carboxylic acids is 4. The molecule has 9 nitrogen and oxygen atoms in total. The second-order valence-electron chi connectivity index (χ2n) is 15.1. The van der Waals surface area contributed by atoms with Gasteiger partial charge in [-0.25, -0.2) is 17.6 Å². The highest BCUT2D eigenvalue weighted by atomic mass is 35.5. The van der Waals surface area contributed by atoms with E-state index in [9.17, 15) is 36.7 Å². The van der Waals surface area contributed by atoms with Gasteiger partial charge in [-0.3, -0.25) is 19.2 Å². The Kier molecular flexibility index (Phi) is 16.3. The van der Waals surface area contributed by atoms with Gasteiger partial charge in [0.25, 0.3) is 5.91 Å². The standard InChI is InChI=1S/C20H24ClF2N3O2.C17H18ClF2NO.C4H8ClNO/c1-25(2)17(27)12-26-11-14(18-15(21)4-3-5-16(18)26)19(28)24-10-13-6-8-20(22,23)9-7-13;18-13-2-1-3-14-16(13)12(10-21-14)15(22)5-4-11-6-8-17(19,20)9-7-11;1-6(2)4(7)3-5/h3-5,11,13H,6-10,12H2,1-2H3,(H,24,28);1-3,10-11,21H,4-9H2;3H2,1-2H3. The number of hydrogen-bond acceptors (Lipinski definition) is 4. The topological polar surface area (TPSA) is 108 Å². The minimum atomic E-state index is -2.58. The van der Waals surface area contributed by atoms with Crippen LogP contribution in [0, 0.1) is 11.8 Å². The zero-order valence-electron chi connectivity index (χ0n) is 32.6. The van der Waals surface area contributed by atoms with Crippen molar-refractivity contribution in [2.24, 2.45) is 11.8 Å². The molecule has 2 saturated carbocycles. The van der Waals surface area contributed by atoms with Crippen LogP contribution in [0.15, 0.2) is 48.8 Å². The van der Waals surface area contributed by atoms with Crippen LogP contribution >= 0.6 is 34.8 Å². The van der Waals surface area contributed by atoms with E-state index < -0.39 is 11.8 Å². The van der Waals surface area contributed by atoms with Gasteiger partial charge in [0.05, 0.1) is 21.1 Å². The van der Waals surface area contributed by atoms with Crippen LogP contribution < -0.4 is 5.32 Å². The SMILES string of the molecule is CN(C)C(=O)CCl.CN(C)C(=O)Cn1cc(C(=O)NCC2CCC(F)(F)CC2)c2c(Cl)cccc21.O=C(CCC1CCC(F)(F)CC1)c1c[nH]c2cccc(Cl)c12. The maximum absolute atomic E-state index is 13.3. The first-order chi connectivity index (χ1) is 26.8. The summed E-state index contributed by atoms with van der Waals surface area (Å²) in [7, 11) is 6.68. The van der Waals surface area contributed by atoms with Crippen molar-refractivity contribution in [2.45, 2.75) is 82.6 Å². The van der Waals surface area contributed by atoms with E-state index in [0.717, 1.165) is 10.9 Å². The third-order valence-corrected chi connectivity index (χ3v) is 11.3. The molecule has 2 N–H and O–H groups in total. The highest BCUT2D eigenvalue weighted by Gasteiger charge is 2.36. The largest absolute Gasteiger partial charge is 0.360 e. The molecular formula is C41H50Cl3F4N5O4. The molecule has 312 valence electrons. The minimum Gasteiger partial charge on any atom is -0.360 e. The van der Waals surface area contributed by atoms with Gasteiger partial charge < -0.3 is 24.7 Å². The Morgan fingerprint density at radius 1 is 0.789 bits per heavy atom. The van der Waals surface area contributed by atoms with Gasteiger partial charge >= 0.3 is 0 Å². The lowest BCUT2D eigenvalue weighted by Crippen LogP contribution is -2.33. The van der Waals surface area contributed by atoms with E-state index in [1.165, 1.54) is 9.80 Å². The molecular weight excluding hydrogens is 809 g/mol. The molecule has 2 aromatic heterocycles. The van der Waals surface area contributed by atoms with Crippen LogP contribution in [-0.2, 0) is 16.1 Å². The Hall–Kier alpha value is -3.81. The number of alkyl halides is 5. The van der Waals surface area contributed by atoms with E-state index in [1.54, 1.807) is 63.4 Å². The molecule has 2 aliphatic carbocycles. The number of hydrogen-bond donors (Lipinski definition) is 2. The fourth-order valence-electron chi connectivity index (χ4n) is 6.87. The zero-order chi connectivity index (χ0) is 42.1. The molecule has 6 rings (SSSR count). The van der Waals surface area contributed by atoms with Gasteiger partial charge in [0.1, 0.15) is 12.4 Å². The van der Waals surface area contributed by atoms with E-state index in [-0.39, 0.29) is 73.4 Å². The molecule has 0 spiro atoms. The molecule has 0 saturated heterocycles. The molecule has 16 heteroatoms. The summed E-state index contributed by atoms with van der Waals surface area (Å²) in [4.78, 5) is 53.6. The predicted molar refractivity (Wildman–Crippen MR) is 218 cm³/mol. The van der Waals surface area contributed by atoms with E-state index >= 15 is 0 Å². The van der Waals surface area contributed by atoms with Crippen molar-refractivity contribution in [3.63, 3.8) is 0 Å². The predicted octanol–water partition coefficient (Wildman–Crippen LogP) is 9.86. The number of aromatic nitrogens is 2. The van der Waals surface area contributed by atoms with Crippen LogP contribution in [-0.4, -0.2) is 95.3 Å². The fourth-order valence-corrected chi connectivity index (χ4v) is 7.66. The first-order valence-corrected chi connectivity index (χ1v) is 20.2. The lowest BCUT2D eigenvalue weighted by molar-refractivity contribution is -0.129. The molecule has 2 aliphatic rings. The van der Waals surface area contributed by atoms with Gasteiger partial charge in [0.15, 0.2) is 5.78 Å². The van der Waals surface area contributed by atoms with E-state index in [0.29, 0.717) is 77.1 Å². The lowest BCUT2D eigenvalue weighted by atomic mass is 9.83. The van der Waals surface area contributed by atoms with Crippen molar-refractivity contribution in [1.29, 1.82) is 0 Å². The summed E-state index contributed by atoms with van der Waals surface area (Å²) in [5.41, 5.74) is 2.52. The van der Waals surface area contributed by atoms with Crippen LogP contribution in [0.25, 0.3) is 21.8 Å². The smallest absolute Gasteiger partial charge is 0.253 e. The molecule has 0 unspecified atom stereocenters. The van der Waals surface area contributed by atoms with Crippen LogP contribution in [0.2, 0.25) is 10.0 Å². The quantitative estimate of drug-likeness (QED) is 0.0941. The molecule has 4 aromatic rings. The number of likely N-dealkylation sites (N-methyl/N-ethyl adjacent to an activating group) is 1. The maximum atomic E-state index is 13.3. The molecule has 2 aromatic carbocycles. The van der Waals surface area contributed by atoms with Crippen molar-refractivity contribution in [2.75, 3.05) is 40.6 Å². The molecule has 0 aliphatic heterocycles. The van der Waals surface area contributed by atoms with Crippen molar-refractivity contribution in [3.8, 4) is 0 Å². The third-order valence-electron chi connectivity index (χ3n) is 10.5. The normalized spacial score (nSPS) is 16.5. The summed E-state index contributed by atoms with van der Waals surface area (Å²) >= 11 is 17.7. The number of H-pyrrole nitrogens is 1. The van der Waals surface area contributed by atoms with Gasteiger partial charge in [-0.1, -0.05) is 35.3 Å². The number of amides is 3.